The number of aryl methyl sites for hydroxylation is 1. The predicted molar refractivity (Wildman–Crippen MR) is 93.7 cm³/mol. The van der Waals surface area contributed by atoms with Gasteiger partial charge in [-0.2, -0.15) is 5.10 Å². The summed E-state index contributed by atoms with van der Waals surface area (Å²) >= 11 is 0. The Bertz CT molecular complexity index is 643. The predicted octanol–water partition coefficient (Wildman–Crippen LogP) is 2.39. The number of rotatable bonds is 3. The summed E-state index contributed by atoms with van der Waals surface area (Å²) < 4.78 is 0. The van der Waals surface area contributed by atoms with Gasteiger partial charge in [-0.1, -0.05) is 0 Å². The molecule has 2 aromatic heterocycles. The molecule has 0 saturated carbocycles. The van der Waals surface area contributed by atoms with Crippen LogP contribution in [0.5, 0.6) is 0 Å². The highest BCUT2D eigenvalue weighted by atomic mass is 15.3. The van der Waals surface area contributed by atoms with Crippen molar-refractivity contribution in [1.82, 2.24) is 25.1 Å². The van der Waals surface area contributed by atoms with Gasteiger partial charge in [0.25, 0.3) is 0 Å². The molecule has 0 aromatic carbocycles. The standard InChI is InChI=1S/C18H26N6/c1-15-3-4-17(22-21-15)24-9-6-18(7-10-24)5-2-8-23(13-18)12-16-11-19-14-20-16/h3-4,11,14H,2,5-10,12-13H2,1H3,(H,19,20). The van der Waals surface area contributed by atoms with Crippen molar-refractivity contribution < 1.29 is 0 Å². The summed E-state index contributed by atoms with van der Waals surface area (Å²) in [6, 6.07) is 4.16. The first-order chi connectivity index (χ1) is 11.7. The molecule has 0 unspecified atom stereocenters. The zero-order valence-corrected chi connectivity index (χ0v) is 14.4. The van der Waals surface area contributed by atoms with Crippen molar-refractivity contribution >= 4 is 5.82 Å². The summed E-state index contributed by atoms with van der Waals surface area (Å²) in [6.45, 7) is 7.58. The van der Waals surface area contributed by atoms with E-state index in [9.17, 15) is 0 Å². The SMILES string of the molecule is Cc1ccc(N2CCC3(CCCN(Cc4cnc[nH]4)C3)CC2)nn1. The van der Waals surface area contributed by atoms with Crippen LogP contribution >= 0.6 is 0 Å². The summed E-state index contributed by atoms with van der Waals surface area (Å²) in [5.41, 5.74) is 2.68. The maximum Gasteiger partial charge on any atom is 0.151 e. The number of hydrogen-bond donors (Lipinski definition) is 1. The zero-order chi connectivity index (χ0) is 16.4. The number of hydrogen-bond acceptors (Lipinski definition) is 5. The van der Waals surface area contributed by atoms with E-state index in [0.717, 1.165) is 31.1 Å². The lowest BCUT2D eigenvalue weighted by Gasteiger charge is -2.47. The largest absolute Gasteiger partial charge is 0.355 e. The molecule has 4 heterocycles. The molecule has 4 rings (SSSR count). The highest BCUT2D eigenvalue weighted by molar-refractivity contribution is 5.38. The van der Waals surface area contributed by atoms with Crippen molar-refractivity contribution in [3.63, 3.8) is 0 Å². The van der Waals surface area contributed by atoms with Crippen LogP contribution in [0.1, 0.15) is 37.1 Å². The minimum atomic E-state index is 0.479. The average molecular weight is 326 g/mol. The second-order valence-electron chi connectivity index (χ2n) is 7.41. The molecule has 0 radical (unpaired) electrons. The molecule has 0 bridgehead atoms. The van der Waals surface area contributed by atoms with Gasteiger partial charge in [0.1, 0.15) is 0 Å². The van der Waals surface area contributed by atoms with Crippen LogP contribution in [-0.4, -0.2) is 51.2 Å². The van der Waals surface area contributed by atoms with Gasteiger partial charge >= 0.3 is 0 Å². The zero-order valence-electron chi connectivity index (χ0n) is 14.4. The molecule has 2 saturated heterocycles. The van der Waals surface area contributed by atoms with Crippen molar-refractivity contribution in [2.75, 3.05) is 31.1 Å². The van der Waals surface area contributed by atoms with Crippen molar-refractivity contribution in [2.45, 2.75) is 39.2 Å². The smallest absolute Gasteiger partial charge is 0.151 e. The molecule has 0 atom stereocenters. The fraction of sp³-hybridized carbons (Fsp3) is 0.611. The Kier molecular flexibility index (Phi) is 4.22. The maximum atomic E-state index is 4.35. The summed E-state index contributed by atoms with van der Waals surface area (Å²) in [4.78, 5) is 12.4. The Hall–Kier alpha value is -1.95. The molecular formula is C18H26N6. The van der Waals surface area contributed by atoms with Gasteiger partial charge in [0.15, 0.2) is 5.82 Å². The molecule has 24 heavy (non-hydrogen) atoms. The molecule has 1 N–H and O–H groups in total. The van der Waals surface area contributed by atoms with Gasteiger partial charge in [-0.05, 0) is 56.7 Å². The Morgan fingerprint density at radius 3 is 2.71 bits per heavy atom. The van der Waals surface area contributed by atoms with Crippen LogP contribution in [0.2, 0.25) is 0 Å². The molecule has 128 valence electrons. The average Bonchev–Trinajstić information content (AvgIpc) is 3.10. The van der Waals surface area contributed by atoms with Gasteiger partial charge in [-0.25, -0.2) is 4.98 Å². The van der Waals surface area contributed by atoms with E-state index in [-0.39, 0.29) is 0 Å². The van der Waals surface area contributed by atoms with E-state index in [0.29, 0.717) is 5.41 Å². The van der Waals surface area contributed by atoms with E-state index in [2.05, 4.69) is 42.1 Å². The molecular weight excluding hydrogens is 300 g/mol. The molecule has 6 nitrogen and oxygen atoms in total. The monoisotopic (exact) mass is 326 g/mol. The molecule has 0 aliphatic carbocycles. The second kappa shape index (κ2) is 6.51. The highest BCUT2D eigenvalue weighted by Crippen LogP contribution is 2.40. The van der Waals surface area contributed by atoms with E-state index in [4.69, 9.17) is 0 Å². The minimum Gasteiger partial charge on any atom is -0.355 e. The Morgan fingerprint density at radius 1 is 1.12 bits per heavy atom. The van der Waals surface area contributed by atoms with Crippen LogP contribution < -0.4 is 4.90 Å². The first-order valence-electron chi connectivity index (χ1n) is 8.97. The lowest BCUT2D eigenvalue weighted by atomic mass is 9.72. The van der Waals surface area contributed by atoms with Crippen LogP contribution in [0.15, 0.2) is 24.7 Å². The van der Waals surface area contributed by atoms with Crippen LogP contribution in [0, 0.1) is 12.3 Å². The lowest BCUT2D eigenvalue weighted by molar-refractivity contribution is 0.0597. The number of aromatic amines is 1. The van der Waals surface area contributed by atoms with Gasteiger partial charge < -0.3 is 9.88 Å². The van der Waals surface area contributed by atoms with Crippen LogP contribution in [0.25, 0.3) is 0 Å². The number of imidazole rings is 1. The summed E-state index contributed by atoms with van der Waals surface area (Å²) in [5, 5.41) is 8.56. The third-order valence-electron chi connectivity index (χ3n) is 5.62. The van der Waals surface area contributed by atoms with Crippen molar-refractivity contribution in [3.8, 4) is 0 Å². The van der Waals surface area contributed by atoms with E-state index in [1.165, 1.54) is 44.5 Å². The first-order valence-corrected chi connectivity index (χ1v) is 8.97. The van der Waals surface area contributed by atoms with Gasteiger partial charge in [-0.15, -0.1) is 5.10 Å². The normalized spacial score (nSPS) is 21.3. The topological polar surface area (TPSA) is 60.9 Å². The number of piperidine rings is 2. The van der Waals surface area contributed by atoms with Gasteiger partial charge in [0, 0.05) is 38.1 Å². The van der Waals surface area contributed by atoms with Gasteiger partial charge in [0.05, 0.1) is 12.0 Å². The third-order valence-corrected chi connectivity index (χ3v) is 5.62. The summed E-state index contributed by atoms with van der Waals surface area (Å²) in [5.74, 6) is 1.03. The molecule has 6 heteroatoms. The number of anilines is 1. The molecule has 2 fully saturated rings. The lowest BCUT2D eigenvalue weighted by Crippen LogP contribution is -2.49. The Labute approximate surface area is 143 Å². The van der Waals surface area contributed by atoms with E-state index in [1.807, 2.05) is 13.1 Å². The number of nitrogens with zero attached hydrogens (tertiary/aromatic N) is 5. The van der Waals surface area contributed by atoms with E-state index < -0.39 is 0 Å². The van der Waals surface area contributed by atoms with Crippen LogP contribution in [0.4, 0.5) is 5.82 Å². The Morgan fingerprint density at radius 2 is 2.00 bits per heavy atom. The van der Waals surface area contributed by atoms with Crippen molar-refractivity contribution in [3.05, 3.63) is 36.0 Å². The number of nitrogens with one attached hydrogen (secondary N) is 1. The molecule has 0 amide bonds. The van der Waals surface area contributed by atoms with Crippen LogP contribution in [0.3, 0.4) is 0 Å². The first kappa shape index (κ1) is 15.6. The molecule has 2 aromatic rings. The van der Waals surface area contributed by atoms with Gasteiger partial charge in [0.2, 0.25) is 0 Å². The number of H-pyrrole nitrogens is 1. The summed E-state index contributed by atoms with van der Waals surface area (Å²) in [7, 11) is 0. The molecule has 2 aliphatic heterocycles. The second-order valence-corrected chi connectivity index (χ2v) is 7.41. The van der Waals surface area contributed by atoms with Crippen LogP contribution in [-0.2, 0) is 6.54 Å². The molecule has 2 aliphatic rings. The quantitative estimate of drug-likeness (QED) is 0.938. The van der Waals surface area contributed by atoms with E-state index in [1.54, 1.807) is 6.33 Å². The summed E-state index contributed by atoms with van der Waals surface area (Å²) in [6.07, 6.45) is 8.89. The van der Waals surface area contributed by atoms with E-state index >= 15 is 0 Å². The fourth-order valence-electron chi connectivity index (χ4n) is 4.24. The van der Waals surface area contributed by atoms with Gasteiger partial charge in [-0.3, -0.25) is 4.90 Å². The number of aromatic nitrogens is 4. The highest BCUT2D eigenvalue weighted by Gasteiger charge is 2.38. The van der Waals surface area contributed by atoms with Crippen molar-refractivity contribution in [2.24, 2.45) is 5.41 Å². The maximum absolute atomic E-state index is 4.35. The Balaban J connectivity index is 1.37. The fourth-order valence-corrected chi connectivity index (χ4v) is 4.24. The van der Waals surface area contributed by atoms with Crippen molar-refractivity contribution in [1.29, 1.82) is 0 Å². The molecule has 1 spiro atoms. The third kappa shape index (κ3) is 3.29. The number of likely N-dealkylation sites (tertiary alicyclic amines) is 1. The minimum absolute atomic E-state index is 0.479.